The molecule has 6 nitrogen and oxygen atoms in total. The van der Waals surface area contributed by atoms with Crippen LogP contribution in [0.15, 0.2) is 59.4 Å². The molecule has 1 N–H and O–H groups in total. The van der Waals surface area contributed by atoms with Crippen molar-refractivity contribution in [1.82, 2.24) is 9.55 Å². The Hall–Kier alpha value is -3.62. The highest BCUT2D eigenvalue weighted by Gasteiger charge is 2.33. The highest BCUT2D eigenvalue weighted by Crippen LogP contribution is 2.34. The van der Waals surface area contributed by atoms with Gasteiger partial charge in [0, 0.05) is 24.8 Å². The van der Waals surface area contributed by atoms with Gasteiger partial charge in [-0.05, 0) is 36.6 Å². The number of aryl methyl sites for hydroxylation is 1. The van der Waals surface area contributed by atoms with Gasteiger partial charge in [0.2, 0.25) is 11.9 Å². The third kappa shape index (κ3) is 4.51. The van der Waals surface area contributed by atoms with Gasteiger partial charge >= 0.3 is 6.18 Å². The van der Waals surface area contributed by atoms with Crippen molar-refractivity contribution >= 4 is 17.5 Å². The van der Waals surface area contributed by atoms with Gasteiger partial charge in [0.15, 0.2) is 0 Å². The number of anilines is 2. The Bertz CT molecular complexity index is 1220. The van der Waals surface area contributed by atoms with E-state index in [1.165, 1.54) is 34.4 Å². The van der Waals surface area contributed by atoms with Crippen LogP contribution in [0.25, 0.3) is 0 Å². The summed E-state index contributed by atoms with van der Waals surface area (Å²) in [6.07, 6.45) is -3.86. The lowest BCUT2D eigenvalue weighted by atomic mass is 10.0. The van der Waals surface area contributed by atoms with Crippen LogP contribution in [0.4, 0.5) is 24.8 Å². The number of nitrogens with one attached hydrogen (secondary N) is 1. The fraction of sp³-hybridized carbons (Fsp3) is 0.261. The summed E-state index contributed by atoms with van der Waals surface area (Å²) in [7, 11) is 0. The van der Waals surface area contributed by atoms with E-state index in [-0.39, 0.29) is 5.69 Å². The number of alkyl halides is 3. The molecule has 4 rings (SSSR count). The number of hydrogen-bond acceptors (Lipinski definition) is 4. The number of amides is 1. The van der Waals surface area contributed by atoms with Crippen molar-refractivity contribution in [1.29, 1.82) is 0 Å². The summed E-state index contributed by atoms with van der Waals surface area (Å²) in [6, 6.07) is 14.0. The summed E-state index contributed by atoms with van der Waals surface area (Å²) in [5.41, 5.74) is 1.08. The molecule has 0 aliphatic carbocycles. The minimum Gasteiger partial charge on any atom is -0.337 e. The third-order valence-corrected chi connectivity index (χ3v) is 5.34. The van der Waals surface area contributed by atoms with Crippen LogP contribution in [0.1, 0.15) is 22.4 Å². The molecule has 0 saturated heterocycles. The minimum absolute atomic E-state index is 0.323. The van der Waals surface area contributed by atoms with E-state index >= 15 is 0 Å². The van der Waals surface area contributed by atoms with Crippen LogP contribution in [0.5, 0.6) is 0 Å². The zero-order chi connectivity index (χ0) is 22.9. The number of halogens is 3. The SMILES string of the molecule is Cc1cc(=O)n(CC(=O)Nc2ccccc2C(F)(F)F)c(N2CCc3ccccc3C2)n1. The molecule has 32 heavy (non-hydrogen) atoms. The second-order valence-electron chi connectivity index (χ2n) is 7.65. The first-order valence-electron chi connectivity index (χ1n) is 10.1. The quantitative estimate of drug-likeness (QED) is 0.668. The molecule has 1 aliphatic rings. The van der Waals surface area contributed by atoms with Crippen LogP contribution >= 0.6 is 0 Å². The number of fused-ring (bicyclic) bond motifs is 1. The van der Waals surface area contributed by atoms with Crippen LogP contribution in [-0.2, 0) is 30.5 Å². The van der Waals surface area contributed by atoms with Crippen LogP contribution < -0.4 is 15.8 Å². The summed E-state index contributed by atoms with van der Waals surface area (Å²) in [6.45, 7) is 2.36. The molecule has 0 spiro atoms. The number of carbonyl (C=O) groups is 1. The normalized spacial score (nSPS) is 13.6. The lowest BCUT2D eigenvalue weighted by Gasteiger charge is -2.31. The number of rotatable bonds is 4. The van der Waals surface area contributed by atoms with E-state index in [4.69, 9.17) is 0 Å². The fourth-order valence-corrected chi connectivity index (χ4v) is 3.83. The van der Waals surface area contributed by atoms with Gasteiger partial charge in [0.1, 0.15) is 6.54 Å². The van der Waals surface area contributed by atoms with Crippen LogP contribution in [0, 0.1) is 6.92 Å². The topological polar surface area (TPSA) is 67.2 Å². The van der Waals surface area contributed by atoms with Gasteiger partial charge in [0.05, 0.1) is 11.3 Å². The van der Waals surface area contributed by atoms with Crippen molar-refractivity contribution in [2.45, 2.75) is 32.6 Å². The number of hydrogen-bond donors (Lipinski definition) is 1. The van der Waals surface area contributed by atoms with Gasteiger partial charge in [-0.25, -0.2) is 4.98 Å². The van der Waals surface area contributed by atoms with Crippen LogP contribution in [0.3, 0.4) is 0 Å². The first-order valence-corrected chi connectivity index (χ1v) is 10.1. The number of para-hydroxylation sites is 1. The molecule has 9 heteroatoms. The maximum Gasteiger partial charge on any atom is 0.418 e. The van der Waals surface area contributed by atoms with Gasteiger partial charge in [-0.2, -0.15) is 13.2 Å². The first kappa shape index (κ1) is 21.6. The van der Waals surface area contributed by atoms with Crippen LogP contribution in [0.2, 0.25) is 0 Å². The van der Waals surface area contributed by atoms with Crippen molar-refractivity contribution in [3.8, 4) is 0 Å². The van der Waals surface area contributed by atoms with E-state index in [0.717, 1.165) is 18.1 Å². The molecule has 0 fully saturated rings. The summed E-state index contributed by atoms with van der Waals surface area (Å²) in [4.78, 5) is 31.7. The summed E-state index contributed by atoms with van der Waals surface area (Å²) in [5.74, 6) is -0.420. The second-order valence-corrected chi connectivity index (χ2v) is 7.65. The molecule has 0 unspecified atom stereocenters. The molecule has 0 atom stereocenters. The highest BCUT2D eigenvalue weighted by molar-refractivity contribution is 5.91. The Balaban J connectivity index is 1.62. The molecular weight excluding hydrogens is 421 g/mol. The average molecular weight is 442 g/mol. The van der Waals surface area contributed by atoms with Gasteiger partial charge in [-0.15, -0.1) is 0 Å². The smallest absolute Gasteiger partial charge is 0.337 e. The predicted molar refractivity (Wildman–Crippen MR) is 115 cm³/mol. The first-order chi connectivity index (χ1) is 15.2. The Morgan fingerprint density at radius 1 is 1.09 bits per heavy atom. The molecule has 0 saturated carbocycles. The number of nitrogens with zero attached hydrogens (tertiary/aromatic N) is 3. The van der Waals surface area contributed by atoms with Crippen molar-refractivity contribution in [2.75, 3.05) is 16.8 Å². The lowest BCUT2D eigenvalue weighted by Crippen LogP contribution is -2.38. The Morgan fingerprint density at radius 2 is 1.78 bits per heavy atom. The molecule has 1 amide bonds. The molecule has 0 bridgehead atoms. The Kier molecular flexibility index (Phi) is 5.73. The van der Waals surface area contributed by atoms with E-state index in [1.807, 2.05) is 23.1 Å². The number of benzene rings is 2. The largest absolute Gasteiger partial charge is 0.418 e. The maximum absolute atomic E-state index is 13.2. The monoisotopic (exact) mass is 442 g/mol. The van der Waals surface area contributed by atoms with Gasteiger partial charge in [-0.3, -0.25) is 14.2 Å². The van der Waals surface area contributed by atoms with Gasteiger partial charge in [0.25, 0.3) is 5.56 Å². The van der Waals surface area contributed by atoms with Crippen LogP contribution in [-0.4, -0.2) is 22.0 Å². The Labute approximate surface area is 182 Å². The van der Waals surface area contributed by atoms with Crippen molar-refractivity contribution in [2.24, 2.45) is 0 Å². The van der Waals surface area contributed by atoms with Crippen molar-refractivity contribution in [3.05, 3.63) is 87.3 Å². The van der Waals surface area contributed by atoms with E-state index < -0.39 is 29.8 Å². The zero-order valence-electron chi connectivity index (χ0n) is 17.3. The van der Waals surface area contributed by atoms with Crippen molar-refractivity contribution in [3.63, 3.8) is 0 Å². The average Bonchev–Trinajstić information content (AvgIpc) is 2.74. The van der Waals surface area contributed by atoms with Gasteiger partial charge < -0.3 is 10.2 Å². The third-order valence-electron chi connectivity index (χ3n) is 5.34. The Morgan fingerprint density at radius 3 is 2.53 bits per heavy atom. The number of carbonyl (C=O) groups excluding carboxylic acids is 1. The highest BCUT2D eigenvalue weighted by atomic mass is 19.4. The zero-order valence-corrected chi connectivity index (χ0v) is 17.3. The second kappa shape index (κ2) is 8.49. The molecule has 1 aromatic heterocycles. The summed E-state index contributed by atoms with van der Waals surface area (Å²) < 4.78 is 40.9. The summed E-state index contributed by atoms with van der Waals surface area (Å²) in [5, 5.41) is 2.29. The predicted octanol–water partition coefficient (Wildman–Crippen LogP) is 3.77. The molecule has 2 aromatic carbocycles. The lowest BCUT2D eigenvalue weighted by molar-refractivity contribution is -0.137. The maximum atomic E-state index is 13.2. The fourth-order valence-electron chi connectivity index (χ4n) is 3.83. The summed E-state index contributed by atoms with van der Waals surface area (Å²) >= 11 is 0. The molecule has 0 radical (unpaired) electrons. The molecule has 166 valence electrons. The minimum atomic E-state index is -4.61. The van der Waals surface area contributed by atoms with E-state index in [9.17, 15) is 22.8 Å². The van der Waals surface area contributed by atoms with E-state index in [1.54, 1.807) is 6.92 Å². The van der Waals surface area contributed by atoms with Crippen molar-refractivity contribution < 1.29 is 18.0 Å². The van der Waals surface area contributed by atoms with E-state index in [0.29, 0.717) is 24.7 Å². The molecule has 1 aliphatic heterocycles. The number of aromatic nitrogens is 2. The van der Waals surface area contributed by atoms with Gasteiger partial charge in [-0.1, -0.05) is 36.4 Å². The standard InChI is InChI=1S/C23H21F3N4O2/c1-15-12-21(32)30(14-20(31)28-19-9-5-4-8-18(19)23(24,25)26)22(27-15)29-11-10-16-6-2-3-7-17(16)13-29/h2-9,12H,10-11,13-14H2,1H3,(H,28,31). The molecule has 3 aromatic rings. The molecule has 2 heterocycles. The molecular formula is C23H21F3N4O2. The van der Waals surface area contributed by atoms with E-state index in [2.05, 4.69) is 16.4 Å².